The van der Waals surface area contributed by atoms with Crippen LogP contribution in [0.4, 0.5) is 0 Å². The maximum atomic E-state index is 12.3. The first-order valence-corrected chi connectivity index (χ1v) is 13.4. The lowest BCUT2D eigenvalue weighted by Gasteiger charge is -2.34. The summed E-state index contributed by atoms with van der Waals surface area (Å²) < 4.78 is 16.0. The first-order valence-electron chi connectivity index (χ1n) is 13.4. The lowest BCUT2D eigenvalue weighted by atomic mass is 10.00. The van der Waals surface area contributed by atoms with Crippen LogP contribution < -0.4 is 15.2 Å². The second-order valence-electron chi connectivity index (χ2n) is 9.82. The molecule has 0 fully saturated rings. The fourth-order valence-electron chi connectivity index (χ4n) is 4.46. The Morgan fingerprint density at radius 1 is 0.786 bits per heavy atom. The van der Waals surface area contributed by atoms with Gasteiger partial charge in [-0.2, -0.15) is 0 Å². The van der Waals surface area contributed by atoms with Crippen LogP contribution in [-0.4, -0.2) is 34.6 Å². The van der Waals surface area contributed by atoms with E-state index in [1.165, 1.54) is 20.8 Å². The van der Waals surface area contributed by atoms with Gasteiger partial charge in [0, 0.05) is 51.1 Å². The quantitative estimate of drug-likeness (QED) is 0.214. The molecule has 9 heteroatoms. The molecule has 1 aliphatic rings. The topological polar surface area (TPSA) is 121 Å². The lowest BCUT2D eigenvalue weighted by Crippen LogP contribution is -2.40. The molecule has 0 saturated carbocycles. The number of carbonyl (C=O) groups is 3. The van der Waals surface area contributed by atoms with E-state index in [0.29, 0.717) is 29.3 Å². The van der Waals surface area contributed by atoms with Crippen molar-refractivity contribution in [1.29, 1.82) is 0 Å². The van der Waals surface area contributed by atoms with Crippen LogP contribution in [0, 0.1) is 0 Å². The number of allylic oxidation sites excluding steroid dienone is 1. The fraction of sp³-hybridized carbons (Fsp3) is 0.212. The van der Waals surface area contributed by atoms with Crippen molar-refractivity contribution in [2.45, 2.75) is 46.6 Å². The monoisotopic (exact) mass is 567 g/mol. The summed E-state index contributed by atoms with van der Waals surface area (Å²) in [6, 6.07) is 23.6. The second-order valence-corrected chi connectivity index (χ2v) is 9.82. The van der Waals surface area contributed by atoms with Gasteiger partial charge in [-0.25, -0.2) is 0 Å². The second kappa shape index (κ2) is 13.5. The highest BCUT2D eigenvalue weighted by Crippen LogP contribution is 2.30. The third kappa shape index (κ3) is 7.94. The number of ether oxygens (including phenoxy) is 3. The molecule has 0 amide bonds. The largest absolute Gasteiger partial charge is 0.427 e. The van der Waals surface area contributed by atoms with E-state index in [1.807, 2.05) is 54.3 Å². The maximum absolute atomic E-state index is 12.3. The molecule has 0 aliphatic carbocycles. The number of nitrogens with zero attached hydrogens (tertiary/aromatic N) is 2. The molecule has 0 aromatic heterocycles. The molecular weight excluding hydrogens is 534 g/mol. The van der Waals surface area contributed by atoms with Gasteiger partial charge in [0.25, 0.3) is 0 Å². The third-order valence-corrected chi connectivity index (χ3v) is 6.39. The SMILES string of the molecule is CC(=O)O/C(=C(/N)Cc1ccc(OC(C)=O)cc1)N1C=C(c2ccc(OC(C)=O)cc2)N=C(Cc2ccccc2)C1C. The number of benzene rings is 3. The minimum Gasteiger partial charge on any atom is -0.427 e. The van der Waals surface area contributed by atoms with Crippen molar-refractivity contribution in [3.05, 3.63) is 113 Å². The van der Waals surface area contributed by atoms with Crippen LogP contribution in [0.25, 0.3) is 5.70 Å². The molecule has 0 spiro atoms. The Kier molecular flexibility index (Phi) is 9.54. The molecule has 1 atom stereocenters. The zero-order valence-corrected chi connectivity index (χ0v) is 24.0. The van der Waals surface area contributed by atoms with E-state index in [9.17, 15) is 14.4 Å². The highest BCUT2D eigenvalue weighted by molar-refractivity contribution is 5.97. The van der Waals surface area contributed by atoms with Gasteiger partial charge in [0.15, 0.2) is 0 Å². The van der Waals surface area contributed by atoms with Gasteiger partial charge in [0.2, 0.25) is 5.88 Å². The average molecular weight is 568 g/mol. The van der Waals surface area contributed by atoms with Crippen LogP contribution in [0.1, 0.15) is 44.4 Å². The van der Waals surface area contributed by atoms with E-state index in [4.69, 9.17) is 24.9 Å². The van der Waals surface area contributed by atoms with Crippen molar-refractivity contribution in [3.63, 3.8) is 0 Å². The minimum atomic E-state index is -0.516. The Hall–Kier alpha value is -5.18. The van der Waals surface area contributed by atoms with Crippen molar-refractivity contribution in [1.82, 2.24) is 4.90 Å². The normalized spacial score (nSPS) is 15.1. The molecule has 216 valence electrons. The standard InChI is InChI=1S/C33H33N3O6/c1-21-31(19-25-8-6-5-7-9-25)35-32(27-12-16-29(17-13-27)41-23(3)38)20-36(21)33(42-24(4)39)30(34)18-26-10-14-28(15-11-26)40-22(2)37/h5-17,20-21H,18-19,34H2,1-4H3/b33-30+. The number of carbonyl (C=O) groups excluding carboxylic acids is 3. The Morgan fingerprint density at radius 2 is 1.36 bits per heavy atom. The van der Waals surface area contributed by atoms with Gasteiger partial charge in [0.05, 0.1) is 17.4 Å². The van der Waals surface area contributed by atoms with E-state index >= 15 is 0 Å². The Morgan fingerprint density at radius 3 is 1.90 bits per heavy atom. The van der Waals surface area contributed by atoms with Crippen molar-refractivity contribution in [2.24, 2.45) is 10.7 Å². The van der Waals surface area contributed by atoms with Crippen LogP contribution >= 0.6 is 0 Å². The molecular formula is C33H33N3O6. The molecule has 3 aromatic carbocycles. The molecule has 1 heterocycles. The number of hydrogen-bond acceptors (Lipinski definition) is 9. The van der Waals surface area contributed by atoms with Crippen LogP contribution in [0.5, 0.6) is 11.5 Å². The van der Waals surface area contributed by atoms with Gasteiger partial charge in [-0.05, 0) is 54.4 Å². The number of aliphatic imine (C=N–C) groups is 1. The fourth-order valence-corrected chi connectivity index (χ4v) is 4.46. The molecule has 0 saturated heterocycles. The molecule has 1 unspecified atom stereocenters. The van der Waals surface area contributed by atoms with Crippen molar-refractivity contribution in [2.75, 3.05) is 0 Å². The third-order valence-electron chi connectivity index (χ3n) is 6.39. The summed E-state index contributed by atoms with van der Waals surface area (Å²) in [5, 5.41) is 0. The Bertz CT molecular complexity index is 1540. The molecule has 0 bridgehead atoms. The summed E-state index contributed by atoms with van der Waals surface area (Å²) in [4.78, 5) is 41.7. The van der Waals surface area contributed by atoms with Crippen LogP contribution in [0.3, 0.4) is 0 Å². The number of nitrogens with two attached hydrogens (primary N) is 1. The van der Waals surface area contributed by atoms with E-state index in [0.717, 1.165) is 22.4 Å². The van der Waals surface area contributed by atoms with E-state index in [2.05, 4.69) is 0 Å². The van der Waals surface area contributed by atoms with Gasteiger partial charge < -0.3 is 24.8 Å². The average Bonchev–Trinajstić information content (AvgIpc) is 2.94. The number of rotatable bonds is 9. The van der Waals surface area contributed by atoms with Crippen molar-refractivity contribution in [3.8, 4) is 11.5 Å². The Balaban J connectivity index is 1.73. The maximum Gasteiger partial charge on any atom is 0.309 e. The molecule has 1 aliphatic heterocycles. The summed E-state index contributed by atoms with van der Waals surface area (Å²) >= 11 is 0. The zero-order valence-electron chi connectivity index (χ0n) is 24.0. The van der Waals surface area contributed by atoms with Gasteiger partial charge in [-0.15, -0.1) is 0 Å². The number of esters is 3. The van der Waals surface area contributed by atoms with Gasteiger partial charge in [0.1, 0.15) is 11.5 Å². The molecule has 9 nitrogen and oxygen atoms in total. The van der Waals surface area contributed by atoms with Crippen molar-refractivity contribution < 1.29 is 28.6 Å². The van der Waals surface area contributed by atoms with E-state index in [-0.39, 0.29) is 18.3 Å². The summed E-state index contributed by atoms with van der Waals surface area (Å²) in [6.07, 6.45) is 2.64. The summed E-state index contributed by atoms with van der Waals surface area (Å²) in [5.74, 6) is -0.282. The summed E-state index contributed by atoms with van der Waals surface area (Å²) in [7, 11) is 0. The van der Waals surface area contributed by atoms with E-state index in [1.54, 1.807) is 42.6 Å². The number of hydrogen-bond donors (Lipinski definition) is 1. The van der Waals surface area contributed by atoms with Crippen LogP contribution in [0.15, 0.2) is 102 Å². The highest BCUT2D eigenvalue weighted by Gasteiger charge is 2.29. The smallest absolute Gasteiger partial charge is 0.309 e. The Labute approximate surface area is 244 Å². The first-order chi connectivity index (χ1) is 20.1. The van der Waals surface area contributed by atoms with Gasteiger partial charge in [-0.3, -0.25) is 19.4 Å². The summed E-state index contributed by atoms with van der Waals surface area (Å²) in [5.41, 5.74) is 11.1. The van der Waals surface area contributed by atoms with Gasteiger partial charge in [-0.1, -0.05) is 42.5 Å². The molecule has 3 aromatic rings. The molecule has 2 N–H and O–H groups in total. The molecule has 0 radical (unpaired) electrons. The van der Waals surface area contributed by atoms with Gasteiger partial charge >= 0.3 is 17.9 Å². The first kappa shape index (κ1) is 29.8. The van der Waals surface area contributed by atoms with Crippen molar-refractivity contribution >= 4 is 29.3 Å². The molecule has 42 heavy (non-hydrogen) atoms. The summed E-state index contributed by atoms with van der Waals surface area (Å²) in [6.45, 7) is 5.99. The molecule has 4 rings (SSSR count). The lowest BCUT2D eigenvalue weighted by molar-refractivity contribution is -0.139. The van der Waals surface area contributed by atoms with E-state index < -0.39 is 17.9 Å². The van der Waals surface area contributed by atoms with Crippen LogP contribution in [-0.2, 0) is 32.0 Å². The zero-order chi connectivity index (χ0) is 30.2. The highest BCUT2D eigenvalue weighted by atomic mass is 16.6. The minimum absolute atomic E-state index is 0.202. The predicted octanol–water partition coefficient (Wildman–Crippen LogP) is 5.16. The van der Waals surface area contributed by atoms with Crippen LogP contribution in [0.2, 0.25) is 0 Å². The predicted molar refractivity (Wildman–Crippen MR) is 159 cm³/mol.